The molecule has 1 amide bonds. The van der Waals surface area contributed by atoms with E-state index in [1.54, 1.807) is 36.4 Å². The van der Waals surface area contributed by atoms with Crippen molar-refractivity contribution in [3.63, 3.8) is 0 Å². The van der Waals surface area contributed by atoms with Crippen molar-refractivity contribution in [1.82, 2.24) is 0 Å². The van der Waals surface area contributed by atoms with E-state index < -0.39 is 4.92 Å². The van der Waals surface area contributed by atoms with Gasteiger partial charge in [-0.25, -0.2) is 0 Å². The Balaban J connectivity index is 1.76. The lowest BCUT2D eigenvalue weighted by molar-refractivity contribution is -0.384. The molecule has 1 aromatic heterocycles. The van der Waals surface area contributed by atoms with Crippen molar-refractivity contribution < 1.29 is 18.9 Å². The number of non-ortho nitro benzene ring substituents is 1. The SMILES string of the molecule is CC(=O)Nc1cccc(C(=O)/C=C/c2ccc(-c3ccc([N+](=O)[O-])cc3Cl)o2)c1. The molecule has 0 atom stereocenters. The van der Waals surface area contributed by atoms with Gasteiger partial charge in [0.2, 0.25) is 5.91 Å². The van der Waals surface area contributed by atoms with Gasteiger partial charge in [-0.2, -0.15) is 0 Å². The van der Waals surface area contributed by atoms with Crippen LogP contribution in [0.2, 0.25) is 5.02 Å². The number of furan rings is 1. The predicted octanol–water partition coefficient (Wildman–Crippen LogP) is 5.36. The van der Waals surface area contributed by atoms with Gasteiger partial charge >= 0.3 is 0 Å². The molecule has 2 aromatic carbocycles. The number of ketones is 1. The maximum absolute atomic E-state index is 12.4. The van der Waals surface area contributed by atoms with Crippen LogP contribution in [0, 0.1) is 10.1 Å². The topological polar surface area (TPSA) is 102 Å². The second kappa shape index (κ2) is 8.53. The maximum Gasteiger partial charge on any atom is 0.270 e. The second-order valence-corrected chi connectivity index (χ2v) is 6.49. The van der Waals surface area contributed by atoms with Gasteiger partial charge in [0.25, 0.3) is 5.69 Å². The third-order valence-corrected chi connectivity index (χ3v) is 4.23. The maximum atomic E-state index is 12.4. The van der Waals surface area contributed by atoms with Crippen molar-refractivity contribution >= 4 is 40.7 Å². The normalized spacial score (nSPS) is 10.8. The lowest BCUT2D eigenvalue weighted by Gasteiger charge is -2.03. The molecule has 3 rings (SSSR count). The van der Waals surface area contributed by atoms with E-state index in [1.807, 2.05) is 0 Å². The van der Waals surface area contributed by atoms with Crippen LogP contribution in [0.1, 0.15) is 23.0 Å². The molecule has 1 heterocycles. The van der Waals surface area contributed by atoms with Crippen LogP contribution >= 0.6 is 11.6 Å². The van der Waals surface area contributed by atoms with E-state index in [4.69, 9.17) is 16.0 Å². The summed E-state index contributed by atoms with van der Waals surface area (Å²) < 4.78 is 5.66. The third kappa shape index (κ3) is 4.97. The largest absolute Gasteiger partial charge is 0.457 e. The zero-order valence-electron chi connectivity index (χ0n) is 15.2. The molecule has 146 valence electrons. The van der Waals surface area contributed by atoms with E-state index in [1.165, 1.54) is 37.3 Å². The summed E-state index contributed by atoms with van der Waals surface area (Å²) in [6.45, 7) is 1.39. The molecule has 3 aromatic rings. The summed E-state index contributed by atoms with van der Waals surface area (Å²) in [4.78, 5) is 33.8. The van der Waals surface area contributed by atoms with Crippen LogP contribution in [-0.4, -0.2) is 16.6 Å². The minimum atomic E-state index is -0.529. The van der Waals surface area contributed by atoms with Gasteiger partial charge in [-0.05, 0) is 42.5 Å². The summed E-state index contributed by atoms with van der Waals surface area (Å²) in [5.74, 6) is 0.354. The Morgan fingerprint density at radius 3 is 2.62 bits per heavy atom. The summed E-state index contributed by atoms with van der Waals surface area (Å²) in [5.41, 5.74) is 1.34. The van der Waals surface area contributed by atoms with Crippen LogP contribution in [-0.2, 0) is 4.79 Å². The van der Waals surface area contributed by atoms with E-state index in [0.717, 1.165) is 0 Å². The first-order chi connectivity index (χ1) is 13.8. The van der Waals surface area contributed by atoms with Gasteiger partial charge in [-0.1, -0.05) is 23.7 Å². The van der Waals surface area contributed by atoms with Gasteiger partial charge in [0.05, 0.1) is 9.95 Å². The molecule has 0 aliphatic rings. The quantitative estimate of drug-likeness (QED) is 0.255. The summed E-state index contributed by atoms with van der Waals surface area (Å²) in [7, 11) is 0. The summed E-state index contributed by atoms with van der Waals surface area (Å²) in [6.07, 6.45) is 2.86. The number of amides is 1. The minimum absolute atomic E-state index is 0.113. The molecule has 8 heteroatoms. The molecule has 0 aliphatic heterocycles. The van der Waals surface area contributed by atoms with Crippen molar-refractivity contribution in [3.05, 3.63) is 87.1 Å². The molecule has 0 saturated carbocycles. The summed E-state index contributed by atoms with van der Waals surface area (Å²) >= 11 is 6.11. The van der Waals surface area contributed by atoms with Crippen molar-refractivity contribution in [2.75, 3.05) is 5.32 Å². The monoisotopic (exact) mass is 410 g/mol. The summed E-state index contributed by atoms with van der Waals surface area (Å²) in [6, 6.07) is 14.0. The zero-order valence-corrected chi connectivity index (χ0v) is 16.0. The van der Waals surface area contributed by atoms with Crippen molar-refractivity contribution in [3.8, 4) is 11.3 Å². The number of carbonyl (C=O) groups is 2. The number of nitrogens with zero attached hydrogens (tertiary/aromatic N) is 1. The number of anilines is 1. The molecule has 0 bridgehead atoms. The first-order valence-electron chi connectivity index (χ1n) is 8.48. The molecule has 0 saturated heterocycles. The van der Waals surface area contributed by atoms with E-state index in [0.29, 0.717) is 28.3 Å². The number of rotatable bonds is 6. The Morgan fingerprint density at radius 2 is 1.93 bits per heavy atom. The van der Waals surface area contributed by atoms with Gasteiger partial charge in [0, 0.05) is 35.9 Å². The molecule has 0 aliphatic carbocycles. The van der Waals surface area contributed by atoms with Crippen molar-refractivity contribution in [2.45, 2.75) is 6.92 Å². The highest BCUT2D eigenvalue weighted by atomic mass is 35.5. The second-order valence-electron chi connectivity index (χ2n) is 6.08. The number of benzene rings is 2. The van der Waals surface area contributed by atoms with Crippen molar-refractivity contribution in [2.24, 2.45) is 0 Å². The van der Waals surface area contributed by atoms with Crippen LogP contribution < -0.4 is 5.32 Å². The Labute approximate surface area is 170 Å². The van der Waals surface area contributed by atoms with E-state index >= 15 is 0 Å². The minimum Gasteiger partial charge on any atom is -0.457 e. The van der Waals surface area contributed by atoms with E-state index in [9.17, 15) is 19.7 Å². The fourth-order valence-electron chi connectivity index (χ4n) is 2.61. The molecular weight excluding hydrogens is 396 g/mol. The Bertz CT molecular complexity index is 1130. The Hall–Kier alpha value is -3.71. The first-order valence-corrected chi connectivity index (χ1v) is 8.85. The molecule has 0 fully saturated rings. The van der Waals surface area contributed by atoms with Gasteiger partial charge in [-0.3, -0.25) is 19.7 Å². The lowest BCUT2D eigenvalue weighted by atomic mass is 10.1. The molecule has 0 spiro atoms. The van der Waals surface area contributed by atoms with E-state index in [-0.39, 0.29) is 22.4 Å². The fourth-order valence-corrected chi connectivity index (χ4v) is 2.88. The molecule has 29 heavy (non-hydrogen) atoms. The van der Waals surface area contributed by atoms with Gasteiger partial charge in [0.15, 0.2) is 5.78 Å². The van der Waals surface area contributed by atoms with Crippen LogP contribution in [0.25, 0.3) is 17.4 Å². The summed E-state index contributed by atoms with van der Waals surface area (Å²) in [5, 5.41) is 13.6. The Morgan fingerprint density at radius 1 is 1.14 bits per heavy atom. The van der Waals surface area contributed by atoms with Crippen molar-refractivity contribution in [1.29, 1.82) is 0 Å². The Kier molecular flexibility index (Phi) is 5.90. The predicted molar refractivity (Wildman–Crippen MR) is 110 cm³/mol. The van der Waals surface area contributed by atoms with Crippen LogP contribution in [0.4, 0.5) is 11.4 Å². The average Bonchev–Trinajstić information content (AvgIpc) is 3.14. The number of allylic oxidation sites excluding steroid dienone is 1. The molecule has 0 radical (unpaired) electrons. The van der Waals surface area contributed by atoms with Crippen LogP contribution in [0.5, 0.6) is 0 Å². The number of hydrogen-bond donors (Lipinski definition) is 1. The highest BCUT2D eigenvalue weighted by Gasteiger charge is 2.13. The van der Waals surface area contributed by atoms with Crippen LogP contribution in [0.15, 0.2) is 65.1 Å². The van der Waals surface area contributed by atoms with E-state index in [2.05, 4.69) is 5.32 Å². The average molecular weight is 411 g/mol. The first kappa shape index (κ1) is 20.0. The zero-order chi connectivity index (χ0) is 21.0. The number of nitrogens with one attached hydrogen (secondary N) is 1. The van der Waals surface area contributed by atoms with Gasteiger partial charge < -0.3 is 9.73 Å². The molecule has 0 unspecified atom stereocenters. The number of hydrogen-bond acceptors (Lipinski definition) is 5. The highest BCUT2D eigenvalue weighted by Crippen LogP contribution is 2.32. The standard InChI is InChI=1S/C21H15ClN2O5/c1-13(25)23-15-4-2-3-14(11-15)20(26)9-6-17-7-10-21(29-17)18-8-5-16(24(27)28)12-19(18)22/h2-12H,1H3,(H,23,25)/b9-6+. The molecule has 7 nitrogen and oxygen atoms in total. The fraction of sp³-hybridized carbons (Fsp3) is 0.0476. The smallest absolute Gasteiger partial charge is 0.270 e. The third-order valence-electron chi connectivity index (χ3n) is 3.92. The number of carbonyl (C=O) groups excluding carboxylic acids is 2. The molecule has 1 N–H and O–H groups in total. The lowest BCUT2D eigenvalue weighted by Crippen LogP contribution is -2.06. The van der Waals surface area contributed by atoms with Gasteiger partial charge in [0.1, 0.15) is 11.5 Å². The van der Waals surface area contributed by atoms with Crippen LogP contribution in [0.3, 0.4) is 0 Å². The number of nitro groups is 1. The molecular formula is C21H15ClN2O5. The highest BCUT2D eigenvalue weighted by molar-refractivity contribution is 6.33. The number of nitro benzene ring substituents is 1. The van der Waals surface area contributed by atoms with Gasteiger partial charge in [-0.15, -0.1) is 0 Å². The number of halogens is 1.